The highest BCUT2D eigenvalue weighted by molar-refractivity contribution is 5.03. The Hall–Kier alpha value is -0.0800. The lowest BCUT2D eigenvalue weighted by Gasteiger charge is -2.32. The zero-order chi connectivity index (χ0) is 14.3. The number of fused-ring (bicyclic) bond motifs is 5. The lowest BCUT2D eigenvalue weighted by atomic mass is 9.80. The molecule has 2 heteroatoms. The Bertz CT molecular complexity index is 333. The molecule has 0 aliphatic heterocycles. The van der Waals surface area contributed by atoms with E-state index < -0.39 is 0 Å². The molecule has 0 heterocycles. The van der Waals surface area contributed by atoms with Crippen molar-refractivity contribution in [1.82, 2.24) is 0 Å². The topological polar surface area (TPSA) is 18.5 Å². The molecule has 3 aliphatic carbocycles. The van der Waals surface area contributed by atoms with Gasteiger partial charge in [0.15, 0.2) is 0 Å². The van der Waals surface area contributed by atoms with E-state index in [0.29, 0.717) is 12.2 Å². The summed E-state index contributed by atoms with van der Waals surface area (Å²) in [4.78, 5) is 0. The highest BCUT2D eigenvalue weighted by Gasteiger charge is 2.54. The second-order valence-electron chi connectivity index (χ2n) is 8.44. The minimum Gasteiger partial charge on any atom is -0.376 e. The Morgan fingerprint density at radius 2 is 1.75 bits per heavy atom. The molecule has 3 saturated carbocycles. The summed E-state index contributed by atoms with van der Waals surface area (Å²) in [6, 6.07) is 0. The van der Waals surface area contributed by atoms with Crippen molar-refractivity contribution in [1.29, 1.82) is 0 Å². The van der Waals surface area contributed by atoms with Gasteiger partial charge in [0.1, 0.15) is 0 Å². The van der Waals surface area contributed by atoms with Crippen LogP contribution in [0.4, 0.5) is 0 Å². The van der Waals surface area contributed by atoms with Crippen LogP contribution in [-0.4, -0.2) is 25.4 Å². The molecule has 0 saturated heterocycles. The van der Waals surface area contributed by atoms with Gasteiger partial charge < -0.3 is 9.47 Å². The minimum absolute atomic E-state index is 0.226. The van der Waals surface area contributed by atoms with Crippen LogP contribution in [0, 0.1) is 29.1 Å². The normalized spacial score (nSPS) is 41.1. The minimum atomic E-state index is 0.226. The second-order valence-corrected chi connectivity index (χ2v) is 8.44. The van der Waals surface area contributed by atoms with Crippen molar-refractivity contribution in [2.24, 2.45) is 29.1 Å². The number of hydrogen-bond acceptors (Lipinski definition) is 2. The molecule has 0 spiro atoms. The quantitative estimate of drug-likeness (QED) is 0.700. The van der Waals surface area contributed by atoms with E-state index in [1.54, 1.807) is 0 Å². The first-order chi connectivity index (χ1) is 9.47. The van der Waals surface area contributed by atoms with E-state index in [2.05, 4.69) is 27.7 Å². The Morgan fingerprint density at radius 3 is 2.50 bits per heavy atom. The summed E-state index contributed by atoms with van der Waals surface area (Å²) >= 11 is 0. The summed E-state index contributed by atoms with van der Waals surface area (Å²) < 4.78 is 12.1. The van der Waals surface area contributed by atoms with Crippen LogP contribution in [0.3, 0.4) is 0 Å². The van der Waals surface area contributed by atoms with Crippen LogP contribution in [0.5, 0.6) is 0 Å². The first-order valence-electron chi connectivity index (χ1n) is 8.70. The molecule has 0 aromatic heterocycles. The molecule has 20 heavy (non-hydrogen) atoms. The molecule has 0 N–H and O–H groups in total. The number of ether oxygens (including phenoxy) is 2. The van der Waals surface area contributed by atoms with E-state index in [0.717, 1.165) is 36.9 Å². The monoisotopic (exact) mass is 280 g/mol. The van der Waals surface area contributed by atoms with Gasteiger partial charge in [0.25, 0.3) is 0 Å². The maximum Gasteiger partial charge on any atom is 0.0704 e. The number of rotatable bonds is 5. The predicted octanol–water partition coefficient (Wildman–Crippen LogP) is 4.28. The largest absolute Gasteiger partial charge is 0.376 e. The number of hydrogen-bond donors (Lipinski definition) is 0. The van der Waals surface area contributed by atoms with Crippen LogP contribution in [0.2, 0.25) is 0 Å². The third kappa shape index (κ3) is 2.78. The Kier molecular flexibility index (Phi) is 4.16. The van der Waals surface area contributed by atoms with Crippen LogP contribution in [0.1, 0.15) is 59.8 Å². The first-order valence-corrected chi connectivity index (χ1v) is 8.70. The van der Waals surface area contributed by atoms with E-state index in [4.69, 9.17) is 9.47 Å². The van der Waals surface area contributed by atoms with Crippen LogP contribution in [0.25, 0.3) is 0 Å². The maximum absolute atomic E-state index is 6.18. The maximum atomic E-state index is 6.18. The average molecular weight is 280 g/mol. The van der Waals surface area contributed by atoms with Gasteiger partial charge in [-0.15, -0.1) is 0 Å². The van der Waals surface area contributed by atoms with Gasteiger partial charge in [-0.1, -0.05) is 27.2 Å². The lowest BCUT2D eigenvalue weighted by Crippen LogP contribution is -2.32. The molecule has 0 amide bonds. The van der Waals surface area contributed by atoms with Crippen molar-refractivity contribution in [2.45, 2.75) is 72.0 Å². The smallest absolute Gasteiger partial charge is 0.0704 e. The highest BCUT2D eigenvalue weighted by atomic mass is 16.5. The van der Waals surface area contributed by atoms with Crippen molar-refractivity contribution in [3.05, 3.63) is 0 Å². The third-order valence-electron chi connectivity index (χ3n) is 6.37. The van der Waals surface area contributed by atoms with Crippen LogP contribution in [-0.2, 0) is 9.47 Å². The van der Waals surface area contributed by atoms with Crippen LogP contribution < -0.4 is 0 Å². The molecular formula is C18H32O2. The fourth-order valence-electron chi connectivity index (χ4n) is 4.87. The zero-order valence-electron chi connectivity index (χ0n) is 13.7. The fourth-order valence-corrected chi connectivity index (χ4v) is 4.87. The SMILES string of the molecule is CC(OCCOC1CC2CC1C1CCCC21)C(C)(C)C. The van der Waals surface area contributed by atoms with Crippen molar-refractivity contribution in [2.75, 3.05) is 13.2 Å². The van der Waals surface area contributed by atoms with Gasteiger partial charge in [-0.3, -0.25) is 0 Å². The molecular weight excluding hydrogens is 248 g/mol. The molecule has 6 atom stereocenters. The van der Waals surface area contributed by atoms with E-state index in [-0.39, 0.29) is 5.41 Å². The van der Waals surface area contributed by atoms with Gasteiger partial charge >= 0.3 is 0 Å². The van der Waals surface area contributed by atoms with Gasteiger partial charge in [-0.2, -0.15) is 0 Å². The van der Waals surface area contributed by atoms with Crippen molar-refractivity contribution >= 4 is 0 Å². The lowest BCUT2D eigenvalue weighted by molar-refractivity contribution is -0.0673. The summed E-state index contributed by atoms with van der Waals surface area (Å²) in [6.45, 7) is 10.4. The molecule has 0 aromatic carbocycles. The molecule has 6 unspecified atom stereocenters. The summed E-state index contributed by atoms with van der Waals surface area (Å²) in [5, 5.41) is 0. The Balaban J connectivity index is 1.38. The van der Waals surface area contributed by atoms with Gasteiger partial charge in [-0.05, 0) is 61.7 Å². The summed E-state index contributed by atoms with van der Waals surface area (Å²) in [7, 11) is 0. The third-order valence-corrected chi connectivity index (χ3v) is 6.37. The van der Waals surface area contributed by atoms with E-state index in [1.165, 1.54) is 32.1 Å². The molecule has 0 aromatic rings. The summed E-state index contributed by atoms with van der Waals surface area (Å²) in [5.41, 5.74) is 0.226. The second kappa shape index (κ2) is 5.61. The van der Waals surface area contributed by atoms with Crippen LogP contribution in [0.15, 0.2) is 0 Å². The fraction of sp³-hybridized carbons (Fsp3) is 1.00. The molecule has 2 nitrogen and oxygen atoms in total. The zero-order valence-corrected chi connectivity index (χ0v) is 13.7. The van der Waals surface area contributed by atoms with Gasteiger partial charge in [-0.25, -0.2) is 0 Å². The van der Waals surface area contributed by atoms with Crippen LogP contribution >= 0.6 is 0 Å². The van der Waals surface area contributed by atoms with Gasteiger partial charge in [0.05, 0.1) is 25.4 Å². The standard InChI is InChI=1S/C18H32O2/c1-12(18(2,3)4)19-8-9-20-17-11-13-10-16(17)15-7-5-6-14(13)15/h12-17H,5-11H2,1-4H3. The summed E-state index contributed by atoms with van der Waals surface area (Å²) in [6.07, 6.45) is 8.09. The molecule has 116 valence electrons. The van der Waals surface area contributed by atoms with Gasteiger partial charge in [0, 0.05) is 0 Å². The van der Waals surface area contributed by atoms with Crippen molar-refractivity contribution in [3.63, 3.8) is 0 Å². The van der Waals surface area contributed by atoms with Crippen molar-refractivity contribution in [3.8, 4) is 0 Å². The molecule has 0 radical (unpaired) electrons. The average Bonchev–Trinajstić information content (AvgIpc) is 3.04. The van der Waals surface area contributed by atoms with E-state index in [1.807, 2.05) is 0 Å². The van der Waals surface area contributed by atoms with Gasteiger partial charge in [0.2, 0.25) is 0 Å². The molecule has 3 aliphatic rings. The molecule has 3 rings (SSSR count). The first kappa shape index (κ1) is 14.8. The molecule has 2 bridgehead atoms. The van der Waals surface area contributed by atoms with E-state index >= 15 is 0 Å². The highest BCUT2D eigenvalue weighted by Crippen LogP contribution is 2.59. The summed E-state index contributed by atoms with van der Waals surface area (Å²) in [5.74, 6) is 3.95. The van der Waals surface area contributed by atoms with Crippen molar-refractivity contribution < 1.29 is 9.47 Å². The predicted molar refractivity (Wildman–Crippen MR) is 81.7 cm³/mol. The van der Waals surface area contributed by atoms with E-state index in [9.17, 15) is 0 Å². The molecule has 3 fully saturated rings. The Labute approximate surface area is 124 Å². The Morgan fingerprint density at radius 1 is 1.00 bits per heavy atom.